The lowest BCUT2D eigenvalue weighted by Crippen LogP contribution is -2.38. The first-order valence-corrected chi connectivity index (χ1v) is 4.90. The minimum absolute atomic E-state index is 0.226. The predicted octanol–water partition coefficient (Wildman–Crippen LogP) is 0.625. The standard InChI is InChI=1S/C10H15N3O/c11-9-6-12-4-3-10(9)13-5-1-2-8(14)7-13/h3-4,6,8,14H,1-2,5,7,11H2/t8-/m1/s1. The van der Waals surface area contributed by atoms with Gasteiger partial charge in [-0.2, -0.15) is 0 Å². The number of pyridine rings is 1. The highest BCUT2D eigenvalue weighted by Gasteiger charge is 2.18. The van der Waals surface area contributed by atoms with Crippen LogP contribution in [0.4, 0.5) is 11.4 Å². The maximum Gasteiger partial charge on any atom is 0.0738 e. The van der Waals surface area contributed by atoms with Gasteiger partial charge >= 0.3 is 0 Å². The Kier molecular flexibility index (Phi) is 2.54. The average Bonchev–Trinajstić information content (AvgIpc) is 2.18. The predicted molar refractivity (Wildman–Crippen MR) is 56.1 cm³/mol. The van der Waals surface area contributed by atoms with Crippen molar-refractivity contribution in [3.8, 4) is 0 Å². The van der Waals surface area contributed by atoms with Crippen LogP contribution in [-0.2, 0) is 0 Å². The molecule has 4 nitrogen and oxygen atoms in total. The lowest BCUT2D eigenvalue weighted by Gasteiger charge is -2.32. The molecule has 1 aliphatic heterocycles. The summed E-state index contributed by atoms with van der Waals surface area (Å²) in [5, 5.41) is 9.53. The number of anilines is 2. The normalized spacial score (nSPS) is 22.4. The van der Waals surface area contributed by atoms with Crippen molar-refractivity contribution in [1.82, 2.24) is 4.98 Å². The third-order valence-electron chi connectivity index (χ3n) is 2.57. The summed E-state index contributed by atoms with van der Waals surface area (Å²) in [7, 11) is 0. The largest absolute Gasteiger partial charge is 0.396 e. The van der Waals surface area contributed by atoms with Crippen LogP contribution < -0.4 is 10.6 Å². The molecule has 2 heterocycles. The van der Waals surface area contributed by atoms with E-state index >= 15 is 0 Å². The van der Waals surface area contributed by atoms with Crippen LogP contribution in [0, 0.1) is 0 Å². The van der Waals surface area contributed by atoms with E-state index in [9.17, 15) is 5.11 Å². The zero-order valence-electron chi connectivity index (χ0n) is 8.06. The van der Waals surface area contributed by atoms with Crippen molar-refractivity contribution in [1.29, 1.82) is 0 Å². The minimum Gasteiger partial charge on any atom is -0.396 e. The molecular weight excluding hydrogens is 178 g/mol. The van der Waals surface area contributed by atoms with E-state index in [1.165, 1.54) is 0 Å². The Balaban J connectivity index is 2.18. The van der Waals surface area contributed by atoms with Gasteiger partial charge in [-0.3, -0.25) is 4.98 Å². The van der Waals surface area contributed by atoms with Gasteiger partial charge in [0.05, 0.1) is 23.7 Å². The number of piperidine rings is 1. The number of aliphatic hydroxyl groups excluding tert-OH is 1. The Hall–Kier alpha value is -1.29. The molecule has 1 atom stereocenters. The van der Waals surface area contributed by atoms with Crippen LogP contribution in [0.15, 0.2) is 18.5 Å². The van der Waals surface area contributed by atoms with Gasteiger partial charge in [-0.1, -0.05) is 0 Å². The summed E-state index contributed by atoms with van der Waals surface area (Å²) in [5.41, 5.74) is 7.48. The van der Waals surface area contributed by atoms with Gasteiger partial charge in [0.25, 0.3) is 0 Å². The minimum atomic E-state index is -0.226. The third-order valence-corrected chi connectivity index (χ3v) is 2.57. The smallest absolute Gasteiger partial charge is 0.0738 e. The van der Waals surface area contributed by atoms with E-state index < -0.39 is 0 Å². The summed E-state index contributed by atoms with van der Waals surface area (Å²) in [5.74, 6) is 0. The maximum atomic E-state index is 9.53. The third kappa shape index (κ3) is 1.80. The summed E-state index contributed by atoms with van der Waals surface area (Å²) >= 11 is 0. The van der Waals surface area contributed by atoms with E-state index in [1.54, 1.807) is 12.4 Å². The molecule has 0 amide bonds. The van der Waals surface area contributed by atoms with Crippen LogP contribution in [0.25, 0.3) is 0 Å². The molecule has 4 heteroatoms. The summed E-state index contributed by atoms with van der Waals surface area (Å²) in [6.45, 7) is 1.64. The Labute approximate surface area is 83.4 Å². The van der Waals surface area contributed by atoms with E-state index in [-0.39, 0.29) is 6.10 Å². The molecule has 2 rings (SSSR count). The fourth-order valence-electron chi connectivity index (χ4n) is 1.86. The zero-order chi connectivity index (χ0) is 9.97. The van der Waals surface area contributed by atoms with Crippen molar-refractivity contribution in [3.05, 3.63) is 18.5 Å². The second-order valence-electron chi connectivity index (χ2n) is 3.68. The van der Waals surface area contributed by atoms with Gasteiger partial charge in [0.15, 0.2) is 0 Å². The molecule has 1 aliphatic rings. The fourth-order valence-corrected chi connectivity index (χ4v) is 1.86. The summed E-state index contributed by atoms with van der Waals surface area (Å²) in [6, 6.07) is 1.90. The maximum absolute atomic E-state index is 9.53. The van der Waals surface area contributed by atoms with Gasteiger partial charge in [0.1, 0.15) is 0 Å². The summed E-state index contributed by atoms with van der Waals surface area (Å²) in [6.07, 6.45) is 5.06. The van der Waals surface area contributed by atoms with Crippen molar-refractivity contribution in [2.24, 2.45) is 0 Å². The van der Waals surface area contributed by atoms with Crippen LogP contribution in [0.5, 0.6) is 0 Å². The summed E-state index contributed by atoms with van der Waals surface area (Å²) in [4.78, 5) is 6.06. The van der Waals surface area contributed by atoms with E-state index in [2.05, 4.69) is 9.88 Å². The van der Waals surface area contributed by atoms with Crippen LogP contribution in [0.2, 0.25) is 0 Å². The number of rotatable bonds is 1. The van der Waals surface area contributed by atoms with Crippen molar-refractivity contribution in [2.75, 3.05) is 23.7 Å². The highest BCUT2D eigenvalue weighted by Crippen LogP contribution is 2.24. The van der Waals surface area contributed by atoms with Gasteiger partial charge in [-0.25, -0.2) is 0 Å². The van der Waals surface area contributed by atoms with Gasteiger partial charge in [0.2, 0.25) is 0 Å². The van der Waals surface area contributed by atoms with Crippen molar-refractivity contribution in [3.63, 3.8) is 0 Å². The van der Waals surface area contributed by atoms with Gasteiger partial charge in [0, 0.05) is 19.3 Å². The molecule has 1 aromatic rings. The molecular formula is C10H15N3O. The van der Waals surface area contributed by atoms with Gasteiger partial charge in [-0.15, -0.1) is 0 Å². The van der Waals surface area contributed by atoms with Crippen LogP contribution >= 0.6 is 0 Å². The first-order valence-electron chi connectivity index (χ1n) is 4.90. The Morgan fingerprint density at radius 1 is 1.57 bits per heavy atom. The van der Waals surface area contributed by atoms with E-state index in [0.29, 0.717) is 12.2 Å². The highest BCUT2D eigenvalue weighted by atomic mass is 16.3. The number of hydrogen-bond donors (Lipinski definition) is 2. The molecule has 3 N–H and O–H groups in total. The Bertz CT molecular complexity index is 316. The molecule has 76 valence electrons. The van der Waals surface area contributed by atoms with E-state index in [1.807, 2.05) is 6.07 Å². The number of nitrogens with zero attached hydrogens (tertiary/aromatic N) is 2. The second-order valence-corrected chi connectivity index (χ2v) is 3.68. The van der Waals surface area contributed by atoms with Crippen molar-refractivity contribution in [2.45, 2.75) is 18.9 Å². The second kappa shape index (κ2) is 3.84. The number of hydrogen-bond acceptors (Lipinski definition) is 4. The first-order chi connectivity index (χ1) is 6.77. The molecule has 0 aromatic carbocycles. The fraction of sp³-hybridized carbons (Fsp3) is 0.500. The number of aliphatic hydroxyl groups is 1. The number of nitrogens with two attached hydrogens (primary N) is 1. The van der Waals surface area contributed by atoms with E-state index in [0.717, 1.165) is 25.1 Å². The molecule has 1 saturated heterocycles. The number of aromatic nitrogens is 1. The molecule has 0 radical (unpaired) electrons. The molecule has 0 unspecified atom stereocenters. The monoisotopic (exact) mass is 193 g/mol. The van der Waals surface area contributed by atoms with E-state index in [4.69, 9.17) is 5.73 Å². The Morgan fingerprint density at radius 3 is 3.14 bits per heavy atom. The molecule has 0 spiro atoms. The van der Waals surface area contributed by atoms with Crippen LogP contribution in [-0.4, -0.2) is 29.3 Å². The van der Waals surface area contributed by atoms with Gasteiger partial charge < -0.3 is 15.7 Å². The average molecular weight is 193 g/mol. The number of β-amino-alcohol motifs (C(OH)–C–C–N with tert-alkyl or cyclic N) is 1. The molecule has 14 heavy (non-hydrogen) atoms. The first kappa shape index (κ1) is 9.27. The lowest BCUT2D eigenvalue weighted by molar-refractivity contribution is 0.154. The highest BCUT2D eigenvalue weighted by molar-refractivity contribution is 5.66. The molecule has 0 bridgehead atoms. The topological polar surface area (TPSA) is 62.4 Å². The Morgan fingerprint density at radius 2 is 2.43 bits per heavy atom. The van der Waals surface area contributed by atoms with Crippen LogP contribution in [0.1, 0.15) is 12.8 Å². The molecule has 0 aliphatic carbocycles. The molecule has 1 aromatic heterocycles. The molecule has 0 saturated carbocycles. The quantitative estimate of drug-likeness (QED) is 0.686. The van der Waals surface area contributed by atoms with Crippen LogP contribution in [0.3, 0.4) is 0 Å². The van der Waals surface area contributed by atoms with Gasteiger partial charge in [-0.05, 0) is 18.9 Å². The molecule has 1 fully saturated rings. The van der Waals surface area contributed by atoms with Crippen molar-refractivity contribution >= 4 is 11.4 Å². The SMILES string of the molecule is Nc1cnccc1N1CCC[C@@H](O)C1. The van der Waals surface area contributed by atoms with Crippen molar-refractivity contribution < 1.29 is 5.11 Å². The number of nitrogen functional groups attached to an aromatic ring is 1. The summed E-state index contributed by atoms with van der Waals surface area (Å²) < 4.78 is 0. The lowest BCUT2D eigenvalue weighted by atomic mass is 10.1. The zero-order valence-corrected chi connectivity index (χ0v) is 8.06.